The van der Waals surface area contributed by atoms with Crippen molar-refractivity contribution in [2.24, 2.45) is 0 Å². The van der Waals surface area contributed by atoms with Crippen LogP contribution in [0, 0.1) is 10.1 Å². The topological polar surface area (TPSA) is 129 Å². The monoisotopic (exact) mass is 408 g/mol. The quantitative estimate of drug-likeness (QED) is 0.358. The third-order valence-corrected chi connectivity index (χ3v) is 4.84. The lowest BCUT2D eigenvalue weighted by Crippen LogP contribution is -2.23. The van der Waals surface area contributed by atoms with Gasteiger partial charge >= 0.3 is 0 Å². The Morgan fingerprint density at radius 1 is 1.48 bits per heavy atom. The fraction of sp³-hybridized carbons (Fsp3) is 0.200. The van der Waals surface area contributed by atoms with E-state index in [1.165, 1.54) is 22.9 Å². The number of hydrogen-bond donors (Lipinski definition) is 1. The Hall–Kier alpha value is -2.92. The maximum absolute atomic E-state index is 12.4. The molecule has 27 heavy (non-hydrogen) atoms. The van der Waals surface area contributed by atoms with Crippen LogP contribution in [0.5, 0.6) is 0 Å². The Balaban J connectivity index is 1.65. The van der Waals surface area contributed by atoms with Crippen LogP contribution in [-0.2, 0) is 11.3 Å². The largest absolute Gasteiger partial charge is 0.467 e. The number of nitrogens with one attached hydrogen (secondary N) is 1. The van der Waals surface area contributed by atoms with E-state index in [4.69, 9.17) is 16.0 Å². The van der Waals surface area contributed by atoms with E-state index in [1.54, 1.807) is 25.3 Å². The number of carbonyl (C=O) groups excluding carboxylic acids is 1. The zero-order valence-corrected chi connectivity index (χ0v) is 15.5. The molecule has 2 heterocycles. The molecule has 1 atom stereocenters. The molecule has 0 saturated carbocycles. The molecular formula is C15H13ClN6O4S. The minimum absolute atomic E-state index is 0.0809. The zero-order chi connectivity index (χ0) is 19.4. The number of amides is 1. The average Bonchev–Trinajstić information content (AvgIpc) is 3.29. The standard InChI is InChI=1S/C15H13ClN6O4S/c1-9(14(23)17-13-5-4-10(22(24)25)7-12(13)16)27-15-18-19-20-21(15)8-11-3-2-6-26-11/h2-7,9H,8H2,1H3,(H,17,23). The highest BCUT2D eigenvalue weighted by Gasteiger charge is 2.20. The Labute approximate surface area is 162 Å². The number of hydrogen-bond acceptors (Lipinski definition) is 8. The molecule has 3 rings (SSSR count). The summed E-state index contributed by atoms with van der Waals surface area (Å²) in [5.74, 6) is 0.335. The maximum atomic E-state index is 12.4. The number of thioether (sulfide) groups is 1. The third-order valence-electron chi connectivity index (χ3n) is 3.46. The van der Waals surface area contributed by atoms with Gasteiger partial charge < -0.3 is 9.73 Å². The summed E-state index contributed by atoms with van der Waals surface area (Å²) in [6.07, 6.45) is 1.55. The SMILES string of the molecule is CC(Sc1nnnn1Cc1ccco1)C(=O)Nc1ccc([N+](=O)[O-])cc1Cl. The van der Waals surface area contributed by atoms with Crippen molar-refractivity contribution in [1.82, 2.24) is 20.2 Å². The molecule has 0 aliphatic heterocycles. The van der Waals surface area contributed by atoms with Crippen molar-refractivity contribution in [1.29, 1.82) is 0 Å². The normalized spacial score (nSPS) is 11.9. The number of furan rings is 1. The number of nitrogens with zero attached hydrogens (tertiary/aromatic N) is 5. The first kappa shape index (κ1) is 18.9. The molecule has 1 N–H and O–H groups in total. The summed E-state index contributed by atoms with van der Waals surface area (Å²) in [5.41, 5.74) is 0.132. The van der Waals surface area contributed by atoms with Crippen LogP contribution in [0.3, 0.4) is 0 Å². The van der Waals surface area contributed by atoms with E-state index in [1.807, 2.05) is 0 Å². The first-order valence-electron chi connectivity index (χ1n) is 7.64. The van der Waals surface area contributed by atoms with E-state index < -0.39 is 10.2 Å². The number of carbonyl (C=O) groups is 1. The Kier molecular flexibility index (Phi) is 5.72. The highest BCUT2D eigenvalue weighted by molar-refractivity contribution is 8.00. The molecule has 3 aromatic rings. The van der Waals surface area contributed by atoms with Crippen LogP contribution < -0.4 is 5.32 Å². The summed E-state index contributed by atoms with van der Waals surface area (Å²) in [5, 5.41) is 24.8. The van der Waals surface area contributed by atoms with E-state index in [2.05, 4.69) is 20.8 Å². The molecule has 0 fully saturated rings. The van der Waals surface area contributed by atoms with Crippen LogP contribution in [-0.4, -0.2) is 36.3 Å². The van der Waals surface area contributed by atoms with Crippen molar-refractivity contribution in [3.05, 3.63) is 57.5 Å². The molecule has 0 radical (unpaired) electrons. The highest BCUT2D eigenvalue weighted by atomic mass is 35.5. The lowest BCUT2D eigenvalue weighted by atomic mass is 10.2. The number of rotatable bonds is 7. The number of anilines is 1. The second kappa shape index (κ2) is 8.18. The number of benzene rings is 1. The van der Waals surface area contributed by atoms with Crippen LogP contribution in [0.25, 0.3) is 0 Å². The predicted molar refractivity (Wildman–Crippen MR) is 97.7 cm³/mol. The van der Waals surface area contributed by atoms with Gasteiger partial charge in [-0.25, -0.2) is 4.68 Å². The molecule has 2 aromatic heterocycles. The zero-order valence-electron chi connectivity index (χ0n) is 13.9. The number of nitro groups is 1. The van der Waals surface area contributed by atoms with Crippen molar-refractivity contribution in [3.63, 3.8) is 0 Å². The van der Waals surface area contributed by atoms with Crippen LogP contribution in [0.2, 0.25) is 5.02 Å². The number of nitro benzene ring substituents is 1. The summed E-state index contributed by atoms with van der Waals surface area (Å²) < 4.78 is 6.79. The van der Waals surface area contributed by atoms with Crippen LogP contribution in [0.4, 0.5) is 11.4 Å². The summed E-state index contributed by atoms with van der Waals surface area (Å²) in [7, 11) is 0. The lowest BCUT2D eigenvalue weighted by molar-refractivity contribution is -0.384. The van der Waals surface area contributed by atoms with Crippen LogP contribution in [0.15, 0.2) is 46.2 Å². The second-order valence-corrected chi connectivity index (χ2v) is 7.08. The van der Waals surface area contributed by atoms with Crippen LogP contribution >= 0.6 is 23.4 Å². The van der Waals surface area contributed by atoms with E-state index in [0.717, 1.165) is 11.8 Å². The summed E-state index contributed by atoms with van der Waals surface area (Å²) in [4.78, 5) is 22.6. The molecule has 1 aromatic carbocycles. The van der Waals surface area contributed by atoms with Gasteiger partial charge in [-0.15, -0.1) is 5.10 Å². The summed E-state index contributed by atoms with van der Waals surface area (Å²) in [6, 6.07) is 7.39. The second-order valence-electron chi connectivity index (χ2n) is 5.37. The summed E-state index contributed by atoms with van der Waals surface area (Å²) in [6.45, 7) is 2.02. The van der Waals surface area contributed by atoms with E-state index in [0.29, 0.717) is 17.5 Å². The van der Waals surface area contributed by atoms with Gasteiger partial charge in [-0.2, -0.15) is 0 Å². The fourth-order valence-electron chi connectivity index (χ4n) is 2.10. The third kappa shape index (κ3) is 4.63. The minimum Gasteiger partial charge on any atom is -0.467 e. The molecule has 0 spiro atoms. The van der Waals surface area contributed by atoms with Gasteiger partial charge in [-0.05, 0) is 35.5 Å². The minimum atomic E-state index is -0.561. The molecule has 0 aliphatic rings. The molecule has 1 amide bonds. The van der Waals surface area contributed by atoms with Crippen molar-refractivity contribution >= 4 is 40.6 Å². The smallest absolute Gasteiger partial charge is 0.271 e. The molecule has 1 unspecified atom stereocenters. The van der Waals surface area contributed by atoms with Gasteiger partial charge in [0.25, 0.3) is 5.69 Å². The number of tetrazole rings is 1. The molecule has 0 bridgehead atoms. The van der Waals surface area contributed by atoms with Gasteiger partial charge in [0.05, 0.1) is 27.1 Å². The number of aromatic nitrogens is 4. The van der Waals surface area contributed by atoms with Crippen LogP contribution in [0.1, 0.15) is 12.7 Å². The van der Waals surface area contributed by atoms with Gasteiger partial charge in [-0.1, -0.05) is 23.4 Å². The predicted octanol–water partition coefficient (Wildman–Crippen LogP) is 3.00. The maximum Gasteiger partial charge on any atom is 0.271 e. The van der Waals surface area contributed by atoms with Gasteiger partial charge in [-0.3, -0.25) is 14.9 Å². The molecule has 0 saturated heterocycles. The van der Waals surface area contributed by atoms with Gasteiger partial charge in [0.2, 0.25) is 11.1 Å². The fourth-order valence-corrected chi connectivity index (χ4v) is 3.11. The first-order valence-corrected chi connectivity index (χ1v) is 8.90. The molecule has 140 valence electrons. The van der Waals surface area contributed by atoms with E-state index in [-0.39, 0.29) is 22.3 Å². The number of non-ortho nitro benzene ring substituents is 1. The van der Waals surface area contributed by atoms with Gasteiger partial charge in [0.1, 0.15) is 12.3 Å². The number of halogens is 1. The highest BCUT2D eigenvalue weighted by Crippen LogP contribution is 2.28. The van der Waals surface area contributed by atoms with Crippen molar-refractivity contribution < 1.29 is 14.1 Å². The summed E-state index contributed by atoms with van der Waals surface area (Å²) >= 11 is 7.16. The van der Waals surface area contributed by atoms with Gasteiger partial charge in [0, 0.05) is 12.1 Å². The van der Waals surface area contributed by atoms with Crippen molar-refractivity contribution in [2.45, 2.75) is 23.9 Å². The van der Waals surface area contributed by atoms with E-state index >= 15 is 0 Å². The average molecular weight is 409 g/mol. The lowest BCUT2D eigenvalue weighted by Gasteiger charge is -2.12. The van der Waals surface area contributed by atoms with Crippen molar-refractivity contribution in [3.8, 4) is 0 Å². The molecular weight excluding hydrogens is 396 g/mol. The molecule has 12 heteroatoms. The Morgan fingerprint density at radius 2 is 2.30 bits per heavy atom. The molecule has 10 nitrogen and oxygen atoms in total. The Bertz CT molecular complexity index is 961. The van der Waals surface area contributed by atoms with Crippen molar-refractivity contribution in [2.75, 3.05) is 5.32 Å². The molecule has 0 aliphatic carbocycles. The first-order chi connectivity index (χ1) is 12.9. The Morgan fingerprint density at radius 3 is 2.96 bits per heavy atom. The van der Waals surface area contributed by atoms with E-state index in [9.17, 15) is 14.9 Å². The van der Waals surface area contributed by atoms with Gasteiger partial charge in [0.15, 0.2) is 0 Å².